The summed E-state index contributed by atoms with van der Waals surface area (Å²) >= 11 is 3.12. The molecule has 0 aliphatic carbocycles. The highest BCUT2D eigenvalue weighted by Gasteiger charge is 2.15. The lowest BCUT2D eigenvalue weighted by Crippen LogP contribution is -2.41. The Kier molecular flexibility index (Phi) is 8.19. The highest BCUT2D eigenvalue weighted by atomic mass is 32.2. The molecule has 0 bridgehead atoms. The lowest BCUT2D eigenvalue weighted by Gasteiger charge is -2.20. The largest absolute Gasteiger partial charge is 0.350 e. The lowest BCUT2D eigenvalue weighted by atomic mass is 10.0. The van der Waals surface area contributed by atoms with Gasteiger partial charge in [0.25, 0.3) is 0 Å². The first-order valence-electron chi connectivity index (χ1n) is 8.79. The number of nitrogens with one attached hydrogen (secondary N) is 1. The molecule has 0 spiro atoms. The van der Waals surface area contributed by atoms with Gasteiger partial charge in [-0.25, -0.2) is 0 Å². The van der Waals surface area contributed by atoms with E-state index in [1.807, 2.05) is 24.4 Å². The number of hydrogen-bond donors (Lipinski definition) is 1. The van der Waals surface area contributed by atoms with Crippen molar-refractivity contribution in [3.05, 3.63) is 52.2 Å². The number of carbonyl (C=O) groups is 2. The van der Waals surface area contributed by atoms with Crippen molar-refractivity contribution < 1.29 is 9.59 Å². The Bertz CT molecular complexity index is 697. The predicted molar refractivity (Wildman–Crippen MR) is 110 cm³/mol. The van der Waals surface area contributed by atoms with E-state index in [1.54, 1.807) is 16.2 Å². The quantitative estimate of drug-likeness (QED) is 0.655. The van der Waals surface area contributed by atoms with Gasteiger partial charge in [-0.3, -0.25) is 9.59 Å². The number of amides is 2. The van der Waals surface area contributed by atoms with Crippen molar-refractivity contribution in [2.24, 2.45) is 0 Å². The minimum atomic E-state index is -0.125. The summed E-state index contributed by atoms with van der Waals surface area (Å²) in [5.41, 5.74) is 1.29. The van der Waals surface area contributed by atoms with Crippen molar-refractivity contribution in [3.8, 4) is 0 Å². The van der Waals surface area contributed by atoms with Crippen molar-refractivity contribution in [1.82, 2.24) is 10.2 Å². The molecule has 0 saturated heterocycles. The molecule has 1 aromatic carbocycles. The number of rotatable bonds is 9. The van der Waals surface area contributed by atoms with Gasteiger partial charge in [-0.1, -0.05) is 32.0 Å². The van der Waals surface area contributed by atoms with Gasteiger partial charge in [0.2, 0.25) is 11.8 Å². The molecule has 0 unspecified atom stereocenters. The van der Waals surface area contributed by atoms with Crippen molar-refractivity contribution in [2.45, 2.75) is 38.1 Å². The minimum absolute atomic E-state index is 0.0169. The molecule has 4 nitrogen and oxygen atoms in total. The number of thioether (sulfide) groups is 1. The van der Waals surface area contributed by atoms with Gasteiger partial charge in [0, 0.05) is 16.3 Å². The summed E-state index contributed by atoms with van der Waals surface area (Å²) < 4.78 is 0. The summed E-state index contributed by atoms with van der Waals surface area (Å²) in [6.07, 6.45) is 0. The Morgan fingerprint density at radius 3 is 2.50 bits per heavy atom. The second kappa shape index (κ2) is 10.4. The Labute approximate surface area is 164 Å². The molecule has 0 saturated carbocycles. The molecule has 140 valence electrons. The normalized spacial score (nSPS) is 10.8. The maximum absolute atomic E-state index is 12.4. The first-order chi connectivity index (χ1) is 12.5. The van der Waals surface area contributed by atoms with Gasteiger partial charge in [-0.05, 0) is 42.0 Å². The number of carbonyl (C=O) groups excluding carboxylic acids is 2. The minimum Gasteiger partial charge on any atom is -0.350 e. The van der Waals surface area contributed by atoms with Crippen LogP contribution in [0.3, 0.4) is 0 Å². The van der Waals surface area contributed by atoms with Gasteiger partial charge in [0.05, 0.1) is 18.8 Å². The average Bonchev–Trinajstić information content (AvgIpc) is 3.16. The first-order valence-corrected chi connectivity index (χ1v) is 10.7. The maximum Gasteiger partial charge on any atom is 0.239 e. The number of likely N-dealkylation sites (N-methyl/N-ethyl adjacent to an activating group) is 1. The Hall–Kier alpha value is -1.79. The SMILES string of the molecule is CCN(CC(=O)NCc1cccs1)C(=O)CSc1ccc(C(C)C)cc1. The van der Waals surface area contributed by atoms with E-state index >= 15 is 0 Å². The monoisotopic (exact) mass is 390 g/mol. The molecule has 1 aromatic heterocycles. The lowest BCUT2D eigenvalue weighted by molar-refractivity contribution is -0.133. The van der Waals surface area contributed by atoms with E-state index in [1.165, 1.54) is 17.3 Å². The first kappa shape index (κ1) is 20.5. The number of hydrogen-bond acceptors (Lipinski definition) is 4. The molecule has 1 heterocycles. The topological polar surface area (TPSA) is 49.4 Å². The molecule has 2 rings (SSSR count). The Morgan fingerprint density at radius 1 is 1.19 bits per heavy atom. The number of benzene rings is 1. The molecule has 26 heavy (non-hydrogen) atoms. The van der Waals surface area contributed by atoms with Crippen LogP contribution in [0.4, 0.5) is 0 Å². The van der Waals surface area contributed by atoms with Crippen LogP contribution >= 0.6 is 23.1 Å². The third-order valence-corrected chi connectivity index (χ3v) is 5.89. The smallest absolute Gasteiger partial charge is 0.239 e. The summed E-state index contributed by atoms with van der Waals surface area (Å²) in [6.45, 7) is 7.36. The molecule has 1 N–H and O–H groups in total. The van der Waals surface area contributed by atoms with E-state index in [9.17, 15) is 9.59 Å². The van der Waals surface area contributed by atoms with Crippen LogP contribution in [0, 0.1) is 0 Å². The van der Waals surface area contributed by atoms with Crippen LogP contribution in [-0.4, -0.2) is 35.6 Å². The van der Waals surface area contributed by atoms with Crippen LogP contribution in [-0.2, 0) is 16.1 Å². The fourth-order valence-corrected chi connectivity index (χ4v) is 3.84. The summed E-state index contributed by atoms with van der Waals surface area (Å²) in [7, 11) is 0. The van der Waals surface area contributed by atoms with Crippen LogP contribution in [0.5, 0.6) is 0 Å². The van der Waals surface area contributed by atoms with Gasteiger partial charge in [-0.2, -0.15) is 0 Å². The summed E-state index contributed by atoms with van der Waals surface area (Å²) in [5, 5.41) is 4.85. The number of nitrogens with zero attached hydrogens (tertiary/aromatic N) is 1. The Balaban J connectivity index is 1.78. The molecule has 0 radical (unpaired) electrons. The predicted octanol–water partition coefficient (Wildman–Crippen LogP) is 4.13. The molecule has 0 atom stereocenters. The summed E-state index contributed by atoms with van der Waals surface area (Å²) in [5.74, 6) is 0.697. The van der Waals surface area contributed by atoms with Gasteiger partial charge >= 0.3 is 0 Å². The fraction of sp³-hybridized carbons (Fsp3) is 0.400. The molecular formula is C20H26N2O2S2. The second-order valence-corrected chi connectivity index (χ2v) is 8.36. The van der Waals surface area contributed by atoms with E-state index in [0.717, 1.165) is 9.77 Å². The fourth-order valence-electron chi connectivity index (χ4n) is 2.39. The summed E-state index contributed by atoms with van der Waals surface area (Å²) in [6, 6.07) is 12.3. The molecule has 0 fully saturated rings. The molecule has 2 aromatic rings. The van der Waals surface area contributed by atoms with Crippen molar-refractivity contribution >= 4 is 34.9 Å². The van der Waals surface area contributed by atoms with Crippen LogP contribution in [0.15, 0.2) is 46.7 Å². The van der Waals surface area contributed by atoms with E-state index in [0.29, 0.717) is 24.8 Å². The van der Waals surface area contributed by atoms with Gasteiger partial charge in [-0.15, -0.1) is 23.1 Å². The second-order valence-electron chi connectivity index (χ2n) is 6.28. The van der Waals surface area contributed by atoms with E-state index < -0.39 is 0 Å². The highest BCUT2D eigenvalue weighted by molar-refractivity contribution is 8.00. The van der Waals surface area contributed by atoms with Crippen molar-refractivity contribution in [2.75, 3.05) is 18.8 Å². The Morgan fingerprint density at radius 2 is 1.92 bits per heavy atom. The third kappa shape index (κ3) is 6.50. The maximum atomic E-state index is 12.4. The van der Waals surface area contributed by atoms with Crippen molar-refractivity contribution in [3.63, 3.8) is 0 Å². The van der Waals surface area contributed by atoms with Gasteiger partial charge in [0.15, 0.2) is 0 Å². The van der Waals surface area contributed by atoms with Gasteiger partial charge < -0.3 is 10.2 Å². The van der Waals surface area contributed by atoms with Crippen LogP contribution in [0.2, 0.25) is 0 Å². The zero-order chi connectivity index (χ0) is 18.9. The average molecular weight is 391 g/mol. The van der Waals surface area contributed by atoms with Crippen LogP contribution < -0.4 is 5.32 Å². The highest BCUT2D eigenvalue weighted by Crippen LogP contribution is 2.22. The zero-order valence-electron chi connectivity index (χ0n) is 15.5. The third-order valence-electron chi connectivity index (χ3n) is 4.02. The van der Waals surface area contributed by atoms with Gasteiger partial charge in [0.1, 0.15) is 0 Å². The molecular weight excluding hydrogens is 364 g/mol. The molecule has 0 aliphatic rings. The summed E-state index contributed by atoms with van der Waals surface area (Å²) in [4.78, 5) is 28.3. The van der Waals surface area contributed by atoms with Crippen LogP contribution in [0.1, 0.15) is 37.1 Å². The molecule has 2 amide bonds. The van der Waals surface area contributed by atoms with E-state index in [4.69, 9.17) is 0 Å². The zero-order valence-corrected chi connectivity index (χ0v) is 17.2. The molecule has 0 aliphatic heterocycles. The standard InChI is InChI=1S/C20H26N2O2S2/c1-4-22(13-19(23)21-12-18-6-5-11-25-18)20(24)14-26-17-9-7-16(8-10-17)15(2)3/h5-11,15H,4,12-14H2,1-3H3,(H,21,23). The van der Waals surface area contributed by atoms with Crippen molar-refractivity contribution in [1.29, 1.82) is 0 Å². The molecule has 6 heteroatoms. The van der Waals surface area contributed by atoms with E-state index in [2.05, 4.69) is 43.4 Å². The van der Waals surface area contributed by atoms with Crippen LogP contribution in [0.25, 0.3) is 0 Å². The number of thiophene rings is 1. The van der Waals surface area contributed by atoms with E-state index in [-0.39, 0.29) is 18.4 Å².